The predicted molar refractivity (Wildman–Crippen MR) is 112 cm³/mol. The second kappa shape index (κ2) is 7.42. The standard InChI is InChI=1S/C20H16Cl2N4O3/c1-24-16-17(23-19(24)29-15-6-4-3-5-14(15)22)25(2)20(28)26(18(16)27)11-12-7-9-13(21)10-8-12/h3-10H,11H2,1-2H3. The molecule has 0 aliphatic heterocycles. The molecule has 0 radical (unpaired) electrons. The zero-order valence-electron chi connectivity index (χ0n) is 15.6. The number of ether oxygens (including phenoxy) is 1. The molecule has 2 heterocycles. The Morgan fingerprint density at radius 3 is 2.34 bits per heavy atom. The lowest BCUT2D eigenvalue weighted by molar-refractivity contribution is 0.427. The van der Waals surface area contributed by atoms with E-state index in [0.717, 1.165) is 10.1 Å². The monoisotopic (exact) mass is 430 g/mol. The Hall–Kier alpha value is -3.03. The molecule has 0 spiro atoms. The minimum atomic E-state index is -0.472. The van der Waals surface area contributed by atoms with Crippen LogP contribution in [0.3, 0.4) is 0 Å². The molecule has 0 fully saturated rings. The number of halogens is 2. The summed E-state index contributed by atoms with van der Waals surface area (Å²) in [6, 6.07) is 14.1. The van der Waals surface area contributed by atoms with Gasteiger partial charge in [-0.3, -0.25) is 18.5 Å². The Labute approximate surface area is 175 Å². The fraction of sp³-hybridized carbons (Fsp3) is 0.150. The van der Waals surface area contributed by atoms with E-state index in [1.54, 1.807) is 62.6 Å². The van der Waals surface area contributed by atoms with Gasteiger partial charge in [-0.1, -0.05) is 47.5 Å². The first-order valence-corrected chi connectivity index (χ1v) is 9.45. The number of fused-ring (bicyclic) bond motifs is 1. The highest BCUT2D eigenvalue weighted by Crippen LogP contribution is 2.29. The molecule has 0 saturated carbocycles. The first-order chi connectivity index (χ1) is 13.9. The molecule has 0 aliphatic rings. The van der Waals surface area contributed by atoms with Crippen LogP contribution < -0.4 is 16.0 Å². The first-order valence-electron chi connectivity index (χ1n) is 8.70. The van der Waals surface area contributed by atoms with Crippen molar-refractivity contribution in [2.75, 3.05) is 0 Å². The molecule has 0 unspecified atom stereocenters. The number of hydrogen-bond donors (Lipinski definition) is 0. The molecule has 4 rings (SSSR count). The van der Waals surface area contributed by atoms with Crippen molar-refractivity contribution < 1.29 is 4.74 Å². The zero-order chi connectivity index (χ0) is 20.7. The zero-order valence-corrected chi connectivity index (χ0v) is 17.1. The molecular formula is C20H16Cl2N4O3. The van der Waals surface area contributed by atoms with E-state index in [-0.39, 0.29) is 23.7 Å². The predicted octanol–water partition coefficient (Wildman–Crippen LogP) is 3.58. The fourth-order valence-corrected chi connectivity index (χ4v) is 3.35. The third kappa shape index (κ3) is 3.43. The van der Waals surface area contributed by atoms with Gasteiger partial charge in [-0.25, -0.2) is 4.79 Å². The second-order valence-corrected chi connectivity index (χ2v) is 7.36. The summed E-state index contributed by atoms with van der Waals surface area (Å²) in [5, 5.41) is 0.992. The lowest BCUT2D eigenvalue weighted by Crippen LogP contribution is -2.39. The van der Waals surface area contributed by atoms with Crippen LogP contribution in [0.2, 0.25) is 10.0 Å². The molecule has 7 nitrogen and oxygen atoms in total. The average molecular weight is 431 g/mol. The van der Waals surface area contributed by atoms with E-state index in [4.69, 9.17) is 27.9 Å². The summed E-state index contributed by atoms with van der Waals surface area (Å²) >= 11 is 12.1. The molecule has 9 heteroatoms. The number of para-hydroxylation sites is 1. The van der Waals surface area contributed by atoms with Crippen molar-refractivity contribution in [1.82, 2.24) is 18.7 Å². The van der Waals surface area contributed by atoms with Crippen LogP contribution in [0.25, 0.3) is 11.2 Å². The van der Waals surface area contributed by atoms with E-state index < -0.39 is 11.2 Å². The van der Waals surface area contributed by atoms with Crippen molar-refractivity contribution in [2.45, 2.75) is 6.54 Å². The largest absolute Gasteiger partial charge is 0.424 e. The van der Waals surface area contributed by atoms with Gasteiger partial charge in [0.2, 0.25) is 0 Å². The van der Waals surface area contributed by atoms with Gasteiger partial charge in [-0.05, 0) is 29.8 Å². The van der Waals surface area contributed by atoms with Crippen molar-refractivity contribution in [2.24, 2.45) is 14.1 Å². The smallest absolute Gasteiger partial charge is 0.332 e. The van der Waals surface area contributed by atoms with Crippen molar-refractivity contribution in [3.63, 3.8) is 0 Å². The summed E-state index contributed by atoms with van der Waals surface area (Å²) in [7, 11) is 3.22. The molecule has 0 aliphatic carbocycles. The maximum absolute atomic E-state index is 13.1. The van der Waals surface area contributed by atoms with Gasteiger partial charge < -0.3 is 4.74 Å². The van der Waals surface area contributed by atoms with Crippen molar-refractivity contribution >= 4 is 34.4 Å². The van der Waals surface area contributed by atoms with Crippen LogP contribution in [0, 0.1) is 0 Å². The van der Waals surface area contributed by atoms with Crippen LogP contribution in [-0.4, -0.2) is 18.7 Å². The summed E-state index contributed by atoms with van der Waals surface area (Å²) in [4.78, 5) is 30.2. The number of rotatable bonds is 4. The first kappa shape index (κ1) is 19.3. The summed E-state index contributed by atoms with van der Waals surface area (Å²) in [6.07, 6.45) is 0. The van der Waals surface area contributed by atoms with Crippen molar-refractivity contribution in [1.29, 1.82) is 0 Å². The molecule has 0 saturated heterocycles. The van der Waals surface area contributed by atoms with Crippen LogP contribution in [0.15, 0.2) is 58.1 Å². The lowest BCUT2D eigenvalue weighted by atomic mass is 10.2. The lowest BCUT2D eigenvalue weighted by Gasteiger charge is -2.09. The van der Waals surface area contributed by atoms with Gasteiger partial charge in [-0.15, -0.1) is 0 Å². The van der Waals surface area contributed by atoms with Crippen LogP contribution >= 0.6 is 23.2 Å². The van der Waals surface area contributed by atoms with E-state index in [1.165, 1.54) is 9.13 Å². The minimum Gasteiger partial charge on any atom is -0.424 e. The number of imidazole rings is 1. The topological polar surface area (TPSA) is 71.1 Å². The van der Waals surface area contributed by atoms with E-state index in [2.05, 4.69) is 4.98 Å². The van der Waals surface area contributed by atoms with Crippen LogP contribution in [0.1, 0.15) is 5.56 Å². The van der Waals surface area contributed by atoms with Crippen LogP contribution in [-0.2, 0) is 20.6 Å². The number of nitrogens with zero attached hydrogens (tertiary/aromatic N) is 4. The third-order valence-electron chi connectivity index (χ3n) is 4.61. The minimum absolute atomic E-state index is 0.116. The highest BCUT2D eigenvalue weighted by Gasteiger charge is 2.20. The van der Waals surface area contributed by atoms with Gasteiger partial charge in [0.15, 0.2) is 11.2 Å². The molecule has 0 atom stereocenters. The molecule has 0 amide bonds. The Bertz CT molecular complexity index is 1340. The van der Waals surface area contributed by atoms with Crippen LogP contribution in [0.5, 0.6) is 11.8 Å². The average Bonchev–Trinajstić information content (AvgIpc) is 3.03. The number of benzene rings is 2. The highest BCUT2D eigenvalue weighted by molar-refractivity contribution is 6.32. The molecule has 2 aromatic heterocycles. The van der Waals surface area contributed by atoms with E-state index >= 15 is 0 Å². The molecule has 0 bridgehead atoms. The molecule has 2 aromatic carbocycles. The Morgan fingerprint density at radius 1 is 0.966 bits per heavy atom. The Kier molecular flexibility index (Phi) is 4.94. The van der Waals surface area contributed by atoms with E-state index in [0.29, 0.717) is 15.8 Å². The molecular weight excluding hydrogens is 415 g/mol. The SMILES string of the molecule is Cn1c(Oc2ccccc2Cl)nc2c1c(=O)n(Cc1ccc(Cl)cc1)c(=O)n2C. The fourth-order valence-electron chi connectivity index (χ4n) is 3.05. The van der Waals surface area contributed by atoms with Crippen LogP contribution in [0.4, 0.5) is 0 Å². The van der Waals surface area contributed by atoms with Crippen molar-refractivity contribution in [3.8, 4) is 11.8 Å². The maximum Gasteiger partial charge on any atom is 0.332 e. The molecule has 4 aromatic rings. The third-order valence-corrected chi connectivity index (χ3v) is 5.18. The highest BCUT2D eigenvalue weighted by atomic mass is 35.5. The molecule has 148 valence electrons. The van der Waals surface area contributed by atoms with E-state index in [9.17, 15) is 9.59 Å². The summed E-state index contributed by atoms with van der Waals surface area (Å²) in [5.41, 5.74) is 0.338. The Balaban J connectivity index is 1.85. The van der Waals surface area contributed by atoms with Gasteiger partial charge in [0.1, 0.15) is 5.75 Å². The molecule has 0 N–H and O–H groups in total. The Morgan fingerprint density at radius 2 is 1.66 bits per heavy atom. The van der Waals surface area contributed by atoms with Gasteiger partial charge in [0, 0.05) is 19.1 Å². The molecule has 29 heavy (non-hydrogen) atoms. The van der Waals surface area contributed by atoms with Gasteiger partial charge >= 0.3 is 11.7 Å². The number of hydrogen-bond acceptors (Lipinski definition) is 4. The van der Waals surface area contributed by atoms with Crippen molar-refractivity contribution in [3.05, 3.63) is 85.0 Å². The van der Waals surface area contributed by atoms with Gasteiger partial charge in [0.25, 0.3) is 5.56 Å². The summed E-state index contributed by atoms with van der Waals surface area (Å²) in [6.45, 7) is 0.116. The van der Waals surface area contributed by atoms with Gasteiger partial charge in [0.05, 0.1) is 11.6 Å². The summed E-state index contributed by atoms with van der Waals surface area (Å²) < 4.78 is 9.79. The number of aryl methyl sites for hydroxylation is 2. The quantitative estimate of drug-likeness (QED) is 0.495. The maximum atomic E-state index is 13.1. The number of aromatic nitrogens is 4. The summed E-state index contributed by atoms with van der Waals surface area (Å²) in [5.74, 6) is 0.402. The van der Waals surface area contributed by atoms with Gasteiger partial charge in [-0.2, -0.15) is 4.98 Å². The second-order valence-electron chi connectivity index (χ2n) is 6.52. The van der Waals surface area contributed by atoms with E-state index in [1.807, 2.05) is 0 Å². The normalized spacial score (nSPS) is 11.2.